The maximum Gasteiger partial charge on any atom is 0.0373 e. The lowest BCUT2D eigenvalue weighted by Crippen LogP contribution is -2.31. The monoisotopic (exact) mass is 281 g/mol. The second kappa shape index (κ2) is 4.40. The van der Waals surface area contributed by atoms with E-state index in [1.54, 1.807) is 0 Å². The maximum absolute atomic E-state index is 3.71. The molecule has 88 valence electrons. The van der Waals surface area contributed by atoms with E-state index in [-0.39, 0.29) is 0 Å². The fraction of sp³-hybridized carbons (Fsp3) is 0.571. The third kappa shape index (κ3) is 2.42. The number of rotatable bonds is 2. The minimum absolute atomic E-state index is 0.430. The van der Waals surface area contributed by atoms with Gasteiger partial charge in [-0.2, -0.15) is 0 Å². The normalized spacial score (nSPS) is 23.4. The van der Waals surface area contributed by atoms with E-state index in [0.29, 0.717) is 11.5 Å². The van der Waals surface area contributed by atoms with Gasteiger partial charge in [0.25, 0.3) is 0 Å². The van der Waals surface area contributed by atoms with Gasteiger partial charge < -0.3 is 5.32 Å². The van der Waals surface area contributed by atoms with Gasteiger partial charge in [-0.05, 0) is 48.9 Å². The highest BCUT2D eigenvalue weighted by Crippen LogP contribution is 2.39. The van der Waals surface area contributed by atoms with Gasteiger partial charge in [-0.15, -0.1) is 0 Å². The van der Waals surface area contributed by atoms with Crippen molar-refractivity contribution < 1.29 is 0 Å². The number of benzene rings is 1. The van der Waals surface area contributed by atoms with Crippen molar-refractivity contribution in [3.8, 4) is 0 Å². The van der Waals surface area contributed by atoms with Crippen molar-refractivity contribution >= 4 is 21.6 Å². The number of anilines is 1. The minimum atomic E-state index is 0.430. The number of halogens is 1. The van der Waals surface area contributed by atoms with Gasteiger partial charge in [0.15, 0.2) is 0 Å². The zero-order chi connectivity index (χ0) is 11.8. The van der Waals surface area contributed by atoms with Crippen molar-refractivity contribution in [2.45, 2.75) is 46.1 Å². The smallest absolute Gasteiger partial charge is 0.0373 e. The van der Waals surface area contributed by atoms with Crippen LogP contribution in [-0.2, 0) is 0 Å². The van der Waals surface area contributed by atoms with Crippen molar-refractivity contribution in [3.05, 3.63) is 28.2 Å². The van der Waals surface area contributed by atoms with Crippen molar-refractivity contribution in [2.75, 3.05) is 5.32 Å². The van der Waals surface area contributed by atoms with Crippen LogP contribution in [0.3, 0.4) is 0 Å². The Kier molecular flexibility index (Phi) is 3.29. The molecule has 2 heteroatoms. The van der Waals surface area contributed by atoms with E-state index in [4.69, 9.17) is 0 Å². The zero-order valence-corrected chi connectivity index (χ0v) is 11.9. The van der Waals surface area contributed by atoms with E-state index in [1.165, 1.54) is 30.5 Å². The third-order valence-corrected chi connectivity index (χ3v) is 4.27. The highest BCUT2D eigenvalue weighted by molar-refractivity contribution is 9.10. The molecule has 0 bridgehead atoms. The van der Waals surface area contributed by atoms with Crippen LogP contribution in [0.2, 0.25) is 0 Å². The maximum atomic E-state index is 3.71. The standard InChI is InChI=1S/C14H20BrN/c1-10-9-11(15)6-7-12(10)16-13-5-4-8-14(13,2)3/h6-7,9,13,16H,4-5,8H2,1-3H3. The van der Waals surface area contributed by atoms with Crippen LogP contribution in [-0.4, -0.2) is 6.04 Å². The zero-order valence-electron chi connectivity index (χ0n) is 10.3. The molecule has 1 atom stereocenters. The lowest BCUT2D eigenvalue weighted by Gasteiger charge is -2.29. The van der Waals surface area contributed by atoms with Crippen LogP contribution in [0.1, 0.15) is 38.7 Å². The molecule has 1 unspecified atom stereocenters. The number of aryl methyl sites for hydroxylation is 1. The Morgan fingerprint density at radius 2 is 2.12 bits per heavy atom. The highest BCUT2D eigenvalue weighted by Gasteiger charge is 2.34. The van der Waals surface area contributed by atoms with Crippen LogP contribution in [0.15, 0.2) is 22.7 Å². The van der Waals surface area contributed by atoms with Crippen molar-refractivity contribution in [1.29, 1.82) is 0 Å². The lowest BCUT2D eigenvalue weighted by molar-refractivity contribution is 0.350. The quantitative estimate of drug-likeness (QED) is 0.825. The van der Waals surface area contributed by atoms with Crippen LogP contribution in [0.4, 0.5) is 5.69 Å². The van der Waals surface area contributed by atoms with Gasteiger partial charge in [-0.1, -0.05) is 36.2 Å². The fourth-order valence-corrected chi connectivity index (χ4v) is 3.05. The van der Waals surface area contributed by atoms with E-state index >= 15 is 0 Å². The molecule has 0 saturated heterocycles. The first kappa shape index (κ1) is 12.0. The molecule has 0 spiro atoms. The molecule has 16 heavy (non-hydrogen) atoms. The molecule has 0 amide bonds. The molecule has 1 aliphatic carbocycles. The minimum Gasteiger partial charge on any atom is -0.382 e. The first-order valence-corrected chi connectivity index (χ1v) is 6.81. The summed E-state index contributed by atoms with van der Waals surface area (Å²) >= 11 is 3.50. The van der Waals surface area contributed by atoms with Gasteiger partial charge in [0, 0.05) is 16.2 Å². The van der Waals surface area contributed by atoms with Gasteiger partial charge in [-0.25, -0.2) is 0 Å². The summed E-state index contributed by atoms with van der Waals surface area (Å²) in [4.78, 5) is 0. The summed E-state index contributed by atoms with van der Waals surface area (Å²) < 4.78 is 1.15. The number of hydrogen-bond acceptors (Lipinski definition) is 1. The lowest BCUT2D eigenvalue weighted by atomic mass is 9.87. The predicted molar refractivity (Wildman–Crippen MR) is 73.9 cm³/mol. The first-order chi connectivity index (χ1) is 7.49. The van der Waals surface area contributed by atoms with E-state index < -0.39 is 0 Å². The Bertz CT molecular complexity index is 384. The van der Waals surface area contributed by atoms with E-state index in [9.17, 15) is 0 Å². The van der Waals surface area contributed by atoms with Crippen LogP contribution < -0.4 is 5.32 Å². The molecule has 1 aromatic carbocycles. The Labute approximate surface area is 107 Å². The second-order valence-corrected chi connectivity index (χ2v) is 6.45. The Hall–Kier alpha value is -0.500. The van der Waals surface area contributed by atoms with Crippen molar-refractivity contribution in [1.82, 2.24) is 0 Å². The molecule has 1 nitrogen and oxygen atoms in total. The van der Waals surface area contributed by atoms with Crippen LogP contribution >= 0.6 is 15.9 Å². The summed E-state index contributed by atoms with van der Waals surface area (Å²) in [5.74, 6) is 0. The molecule has 0 aliphatic heterocycles. The molecule has 1 N–H and O–H groups in total. The van der Waals surface area contributed by atoms with Gasteiger partial charge >= 0.3 is 0 Å². The molecule has 0 radical (unpaired) electrons. The molecule has 1 saturated carbocycles. The molecule has 2 rings (SSSR count). The van der Waals surface area contributed by atoms with E-state index in [2.05, 4.69) is 60.2 Å². The van der Waals surface area contributed by atoms with Crippen LogP contribution in [0, 0.1) is 12.3 Å². The van der Waals surface area contributed by atoms with Gasteiger partial charge in [0.2, 0.25) is 0 Å². The Morgan fingerprint density at radius 3 is 2.69 bits per heavy atom. The Morgan fingerprint density at radius 1 is 1.38 bits per heavy atom. The molecule has 0 heterocycles. The SMILES string of the molecule is Cc1cc(Br)ccc1NC1CCCC1(C)C. The van der Waals surface area contributed by atoms with Gasteiger partial charge in [0.05, 0.1) is 0 Å². The summed E-state index contributed by atoms with van der Waals surface area (Å²) in [6, 6.07) is 7.07. The third-order valence-electron chi connectivity index (χ3n) is 3.78. The average Bonchev–Trinajstić information content (AvgIpc) is 2.50. The Balaban J connectivity index is 2.15. The highest BCUT2D eigenvalue weighted by atomic mass is 79.9. The average molecular weight is 282 g/mol. The summed E-state index contributed by atoms with van der Waals surface area (Å²) in [6.45, 7) is 6.90. The molecule has 1 aromatic rings. The topological polar surface area (TPSA) is 12.0 Å². The first-order valence-electron chi connectivity index (χ1n) is 6.02. The molecule has 1 aliphatic rings. The van der Waals surface area contributed by atoms with Crippen molar-refractivity contribution in [2.24, 2.45) is 5.41 Å². The van der Waals surface area contributed by atoms with Gasteiger partial charge in [-0.3, -0.25) is 0 Å². The second-order valence-electron chi connectivity index (χ2n) is 5.54. The van der Waals surface area contributed by atoms with Crippen LogP contribution in [0.25, 0.3) is 0 Å². The summed E-state index contributed by atoms with van der Waals surface area (Å²) in [7, 11) is 0. The summed E-state index contributed by atoms with van der Waals surface area (Å²) in [5, 5.41) is 3.71. The van der Waals surface area contributed by atoms with Crippen LogP contribution in [0.5, 0.6) is 0 Å². The summed E-state index contributed by atoms with van der Waals surface area (Å²) in [6.07, 6.45) is 3.98. The van der Waals surface area contributed by atoms with Gasteiger partial charge in [0.1, 0.15) is 0 Å². The number of hydrogen-bond donors (Lipinski definition) is 1. The van der Waals surface area contributed by atoms with Crippen molar-refractivity contribution in [3.63, 3.8) is 0 Å². The largest absolute Gasteiger partial charge is 0.382 e. The van der Waals surface area contributed by atoms with E-state index in [0.717, 1.165) is 4.47 Å². The fourth-order valence-electron chi connectivity index (χ4n) is 2.57. The molecule has 1 fully saturated rings. The summed E-state index contributed by atoms with van der Waals surface area (Å²) in [5.41, 5.74) is 3.03. The molecular formula is C14H20BrN. The number of nitrogens with one attached hydrogen (secondary N) is 1. The molecule has 0 aromatic heterocycles. The predicted octanol–water partition coefficient (Wildman–Crippen LogP) is 4.75. The van der Waals surface area contributed by atoms with E-state index in [1.807, 2.05) is 0 Å². The molecular weight excluding hydrogens is 262 g/mol.